The molecule has 0 saturated carbocycles. The Morgan fingerprint density at radius 1 is 1.12 bits per heavy atom. The third-order valence-electron chi connectivity index (χ3n) is 2.38. The van der Waals surface area contributed by atoms with E-state index in [4.69, 9.17) is 5.26 Å². The van der Waals surface area contributed by atoms with E-state index >= 15 is 0 Å². The Morgan fingerprint density at radius 3 is 2.59 bits per heavy atom. The molecule has 0 unspecified atom stereocenters. The van der Waals surface area contributed by atoms with Crippen LogP contribution >= 0.6 is 27.7 Å². The van der Waals surface area contributed by atoms with Crippen LogP contribution in [-0.4, -0.2) is 0 Å². The molecule has 0 atom stereocenters. The fraction of sp³-hybridized carbons (Fsp3) is 0.0714. The number of nitriles is 1. The summed E-state index contributed by atoms with van der Waals surface area (Å²) >= 11 is 5.14. The molecule has 0 heterocycles. The first-order valence-corrected chi connectivity index (χ1v) is 6.75. The summed E-state index contributed by atoms with van der Waals surface area (Å²) in [6.45, 7) is 2.03. The van der Waals surface area contributed by atoms with Crippen LogP contribution < -0.4 is 0 Å². The van der Waals surface area contributed by atoms with Gasteiger partial charge < -0.3 is 0 Å². The van der Waals surface area contributed by atoms with Gasteiger partial charge in [0.2, 0.25) is 0 Å². The SMILES string of the molecule is Cc1cccc(C#N)c1Sc1ccccc1Br. The van der Waals surface area contributed by atoms with E-state index in [1.54, 1.807) is 11.8 Å². The Labute approximate surface area is 114 Å². The average molecular weight is 304 g/mol. The molecule has 0 aliphatic rings. The van der Waals surface area contributed by atoms with Crippen molar-refractivity contribution in [2.45, 2.75) is 16.7 Å². The monoisotopic (exact) mass is 303 g/mol. The maximum Gasteiger partial charge on any atom is 0.100 e. The number of rotatable bonds is 2. The predicted molar refractivity (Wildman–Crippen MR) is 74.2 cm³/mol. The Hall–Kier alpha value is -1.24. The standard InChI is InChI=1S/C14H10BrNS/c1-10-5-4-6-11(9-16)14(10)17-13-8-3-2-7-12(13)15/h2-8H,1H3. The van der Waals surface area contributed by atoms with E-state index < -0.39 is 0 Å². The number of benzene rings is 2. The smallest absolute Gasteiger partial charge is 0.100 e. The highest BCUT2D eigenvalue weighted by Gasteiger charge is 2.08. The minimum atomic E-state index is 0.728. The Bertz CT molecular complexity index is 587. The van der Waals surface area contributed by atoms with Crippen LogP contribution in [0.1, 0.15) is 11.1 Å². The van der Waals surface area contributed by atoms with Crippen LogP contribution in [0.25, 0.3) is 0 Å². The van der Waals surface area contributed by atoms with Gasteiger partial charge in [-0.2, -0.15) is 5.26 Å². The highest BCUT2D eigenvalue weighted by atomic mass is 79.9. The second-order valence-electron chi connectivity index (χ2n) is 3.60. The Balaban J connectivity index is 2.44. The lowest BCUT2D eigenvalue weighted by atomic mass is 10.1. The molecule has 0 aliphatic carbocycles. The lowest BCUT2D eigenvalue weighted by molar-refractivity contribution is 1.25. The number of halogens is 1. The second-order valence-corrected chi connectivity index (χ2v) is 5.50. The fourth-order valence-corrected chi connectivity index (χ4v) is 3.03. The molecule has 84 valence electrons. The number of hydrogen-bond donors (Lipinski definition) is 0. The molecule has 3 heteroatoms. The Morgan fingerprint density at radius 2 is 1.88 bits per heavy atom. The van der Waals surface area contributed by atoms with Gasteiger partial charge in [-0.15, -0.1) is 0 Å². The van der Waals surface area contributed by atoms with Crippen molar-refractivity contribution < 1.29 is 0 Å². The molecule has 0 spiro atoms. The molecule has 0 saturated heterocycles. The molecular weight excluding hydrogens is 294 g/mol. The summed E-state index contributed by atoms with van der Waals surface area (Å²) < 4.78 is 1.05. The summed E-state index contributed by atoms with van der Waals surface area (Å²) in [4.78, 5) is 2.15. The fourth-order valence-electron chi connectivity index (χ4n) is 1.51. The zero-order chi connectivity index (χ0) is 12.3. The van der Waals surface area contributed by atoms with Crippen molar-refractivity contribution in [2.24, 2.45) is 0 Å². The molecule has 1 nitrogen and oxygen atoms in total. The van der Waals surface area contributed by atoms with Crippen LogP contribution in [0, 0.1) is 18.3 Å². The van der Waals surface area contributed by atoms with E-state index in [9.17, 15) is 0 Å². The van der Waals surface area contributed by atoms with E-state index in [-0.39, 0.29) is 0 Å². The molecule has 2 rings (SSSR count). The van der Waals surface area contributed by atoms with Gasteiger partial charge in [-0.1, -0.05) is 36.0 Å². The molecule has 0 aromatic heterocycles. The van der Waals surface area contributed by atoms with E-state index in [2.05, 4.69) is 22.0 Å². The van der Waals surface area contributed by atoms with Crippen LogP contribution in [0.15, 0.2) is 56.7 Å². The molecule has 0 radical (unpaired) electrons. The van der Waals surface area contributed by atoms with Gasteiger partial charge in [0.15, 0.2) is 0 Å². The highest BCUT2D eigenvalue weighted by molar-refractivity contribution is 9.10. The molecule has 2 aromatic rings. The normalized spacial score (nSPS) is 9.94. The summed E-state index contributed by atoms with van der Waals surface area (Å²) in [5.74, 6) is 0. The summed E-state index contributed by atoms with van der Waals surface area (Å²) in [7, 11) is 0. The molecule has 0 N–H and O–H groups in total. The zero-order valence-electron chi connectivity index (χ0n) is 9.27. The summed E-state index contributed by atoms with van der Waals surface area (Å²) in [5.41, 5.74) is 1.86. The lowest BCUT2D eigenvalue weighted by Gasteiger charge is -2.08. The van der Waals surface area contributed by atoms with Gasteiger partial charge in [0.05, 0.1) is 5.56 Å². The largest absolute Gasteiger partial charge is 0.192 e. The van der Waals surface area contributed by atoms with Crippen LogP contribution in [0.5, 0.6) is 0 Å². The average Bonchev–Trinajstić information content (AvgIpc) is 2.34. The van der Waals surface area contributed by atoms with Crippen molar-refractivity contribution in [3.63, 3.8) is 0 Å². The van der Waals surface area contributed by atoms with Crippen LogP contribution in [0.4, 0.5) is 0 Å². The zero-order valence-corrected chi connectivity index (χ0v) is 11.7. The molecule has 17 heavy (non-hydrogen) atoms. The van der Waals surface area contributed by atoms with Gasteiger partial charge in [-0.25, -0.2) is 0 Å². The number of nitrogens with zero attached hydrogens (tertiary/aromatic N) is 1. The number of aryl methyl sites for hydroxylation is 1. The second kappa shape index (κ2) is 5.39. The van der Waals surface area contributed by atoms with Gasteiger partial charge in [0.25, 0.3) is 0 Å². The van der Waals surface area contributed by atoms with Gasteiger partial charge >= 0.3 is 0 Å². The first-order chi connectivity index (χ1) is 8.22. The molecular formula is C14H10BrNS. The van der Waals surface area contributed by atoms with E-state index in [0.717, 1.165) is 25.4 Å². The van der Waals surface area contributed by atoms with Crippen molar-refractivity contribution in [3.05, 3.63) is 58.1 Å². The molecule has 0 amide bonds. The quantitative estimate of drug-likeness (QED) is 0.797. The van der Waals surface area contributed by atoms with Gasteiger partial charge in [0, 0.05) is 14.3 Å². The number of hydrogen-bond acceptors (Lipinski definition) is 2. The molecule has 0 fully saturated rings. The van der Waals surface area contributed by atoms with Crippen molar-refractivity contribution in [1.29, 1.82) is 5.26 Å². The van der Waals surface area contributed by atoms with Gasteiger partial charge in [-0.05, 0) is 46.6 Å². The van der Waals surface area contributed by atoms with E-state index in [1.165, 1.54) is 0 Å². The first kappa shape index (κ1) is 12.2. The maximum atomic E-state index is 9.12. The molecule has 2 aromatic carbocycles. The third kappa shape index (κ3) is 2.71. The minimum absolute atomic E-state index is 0.728. The highest BCUT2D eigenvalue weighted by Crippen LogP contribution is 2.36. The summed E-state index contributed by atoms with van der Waals surface area (Å²) in [5, 5.41) is 9.12. The topological polar surface area (TPSA) is 23.8 Å². The van der Waals surface area contributed by atoms with Crippen molar-refractivity contribution in [1.82, 2.24) is 0 Å². The van der Waals surface area contributed by atoms with Crippen LogP contribution in [0.2, 0.25) is 0 Å². The first-order valence-electron chi connectivity index (χ1n) is 5.14. The summed E-state index contributed by atoms with van der Waals surface area (Å²) in [6.07, 6.45) is 0. The van der Waals surface area contributed by atoms with Crippen molar-refractivity contribution in [3.8, 4) is 6.07 Å². The van der Waals surface area contributed by atoms with Gasteiger partial charge in [0.1, 0.15) is 6.07 Å². The maximum absolute atomic E-state index is 9.12. The third-order valence-corrected chi connectivity index (χ3v) is 4.66. The van der Waals surface area contributed by atoms with Crippen LogP contribution in [-0.2, 0) is 0 Å². The van der Waals surface area contributed by atoms with Gasteiger partial charge in [-0.3, -0.25) is 0 Å². The molecule has 0 aliphatic heterocycles. The predicted octanol–water partition coefficient (Wildman–Crippen LogP) is 4.78. The van der Waals surface area contributed by atoms with E-state index in [1.807, 2.05) is 49.4 Å². The van der Waals surface area contributed by atoms with E-state index in [0.29, 0.717) is 0 Å². The van der Waals surface area contributed by atoms with Crippen LogP contribution in [0.3, 0.4) is 0 Å². The lowest BCUT2D eigenvalue weighted by Crippen LogP contribution is -1.86. The minimum Gasteiger partial charge on any atom is -0.192 e. The van der Waals surface area contributed by atoms with Crippen molar-refractivity contribution in [2.75, 3.05) is 0 Å². The Kier molecular flexibility index (Phi) is 3.88. The van der Waals surface area contributed by atoms with Crippen molar-refractivity contribution >= 4 is 27.7 Å². The molecule has 0 bridgehead atoms. The summed E-state index contributed by atoms with van der Waals surface area (Å²) in [6, 6.07) is 16.1.